The number of nitrogens with two attached hydrogens (primary N) is 1. The van der Waals surface area contributed by atoms with Gasteiger partial charge >= 0.3 is 0 Å². The van der Waals surface area contributed by atoms with Crippen LogP contribution in [0.5, 0.6) is 5.75 Å². The van der Waals surface area contributed by atoms with Gasteiger partial charge in [-0.05, 0) is 28.1 Å². The predicted octanol–water partition coefficient (Wildman–Crippen LogP) is 3.52. The van der Waals surface area contributed by atoms with Crippen molar-refractivity contribution in [2.45, 2.75) is 0 Å². The van der Waals surface area contributed by atoms with E-state index in [0.29, 0.717) is 0 Å². The van der Waals surface area contributed by atoms with E-state index in [4.69, 9.17) is 10.5 Å². The van der Waals surface area contributed by atoms with Gasteiger partial charge in [-0.25, -0.2) is 18.2 Å². The fourth-order valence-corrected chi connectivity index (χ4v) is 1.85. The molecule has 0 aliphatic carbocycles. The van der Waals surface area contributed by atoms with Crippen LogP contribution < -0.4 is 10.5 Å². The van der Waals surface area contributed by atoms with Crippen molar-refractivity contribution in [3.8, 4) is 17.0 Å². The van der Waals surface area contributed by atoms with Gasteiger partial charge in [-0.3, -0.25) is 0 Å². The summed E-state index contributed by atoms with van der Waals surface area (Å²) in [5.41, 5.74) is 4.49. The number of pyridine rings is 1. The van der Waals surface area contributed by atoms with Crippen molar-refractivity contribution in [2.24, 2.45) is 0 Å². The normalized spacial score (nSPS) is 10.6. The molecule has 0 saturated carbocycles. The first-order valence-electron chi connectivity index (χ1n) is 5.09. The summed E-state index contributed by atoms with van der Waals surface area (Å²) in [6.07, 6.45) is 1.15. The van der Waals surface area contributed by atoms with Crippen LogP contribution in [-0.2, 0) is 0 Å². The van der Waals surface area contributed by atoms with Crippen molar-refractivity contribution in [2.75, 3.05) is 12.8 Å². The molecule has 0 saturated heterocycles. The quantitative estimate of drug-likeness (QED) is 0.856. The van der Waals surface area contributed by atoms with Gasteiger partial charge in [0.15, 0.2) is 23.2 Å². The van der Waals surface area contributed by atoms with E-state index in [1.54, 1.807) is 0 Å². The van der Waals surface area contributed by atoms with Crippen molar-refractivity contribution in [1.29, 1.82) is 0 Å². The van der Waals surface area contributed by atoms with Crippen LogP contribution in [0.2, 0.25) is 0 Å². The summed E-state index contributed by atoms with van der Waals surface area (Å²) in [6.45, 7) is 0. The first-order chi connectivity index (χ1) is 8.97. The van der Waals surface area contributed by atoms with Gasteiger partial charge in [0.05, 0.1) is 17.8 Å². The summed E-state index contributed by atoms with van der Waals surface area (Å²) in [7, 11) is 1.30. The summed E-state index contributed by atoms with van der Waals surface area (Å²) in [5.74, 6) is -3.25. The highest BCUT2D eigenvalue weighted by molar-refractivity contribution is 9.10. The molecule has 1 aromatic carbocycles. The number of halogens is 4. The van der Waals surface area contributed by atoms with Crippen LogP contribution in [0.3, 0.4) is 0 Å². The van der Waals surface area contributed by atoms with E-state index in [1.807, 2.05) is 0 Å². The minimum absolute atomic E-state index is 0.0271. The van der Waals surface area contributed by atoms with Crippen molar-refractivity contribution in [3.63, 3.8) is 0 Å². The summed E-state index contributed by atoms with van der Waals surface area (Å²) in [5, 5.41) is 0. The van der Waals surface area contributed by atoms with Crippen LogP contribution in [0.25, 0.3) is 11.3 Å². The molecule has 1 aromatic heterocycles. The molecule has 0 fully saturated rings. The van der Waals surface area contributed by atoms with Crippen LogP contribution >= 0.6 is 15.9 Å². The third-order valence-corrected chi connectivity index (χ3v) is 3.14. The molecule has 0 aliphatic rings. The van der Waals surface area contributed by atoms with Gasteiger partial charge in [0.2, 0.25) is 0 Å². The van der Waals surface area contributed by atoms with Crippen LogP contribution in [-0.4, -0.2) is 12.1 Å². The molecule has 2 aromatic rings. The lowest BCUT2D eigenvalue weighted by Gasteiger charge is -2.10. The second kappa shape index (κ2) is 5.08. The standard InChI is InChI=1S/C12H8BrF3N2O/c1-19-7-4-18-12(10(16)11(7)17)5-2-3-6(13)9(15)8(5)14/h2-4H,1H3,(H2,17,18). The van der Waals surface area contributed by atoms with E-state index < -0.39 is 17.5 Å². The molecule has 100 valence electrons. The Kier molecular flexibility index (Phi) is 3.66. The van der Waals surface area contributed by atoms with Crippen LogP contribution in [0.15, 0.2) is 22.8 Å². The van der Waals surface area contributed by atoms with Crippen LogP contribution in [0.1, 0.15) is 0 Å². The molecule has 2 rings (SSSR count). The highest BCUT2D eigenvalue weighted by Crippen LogP contribution is 2.33. The number of rotatable bonds is 2. The third-order valence-electron chi connectivity index (χ3n) is 2.53. The number of nitrogen functional groups attached to an aromatic ring is 1. The SMILES string of the molecule is COc1cnc(-c2ccc(Br)c(F)c2F)c(F)c1N. The van der Waals surface area contributed by atoms with Gasteiger partial charge in [0, 0.05) is 5.56 Å². The number of hydrogen-bond acceptors (Lipinski definition) is 3. The van der Waals surface area contributed by atoms with E-state index in [0.717, 1.165) is 6.20 Å². The zero-order valence-corrected chi connectivity index (χ0v) is 11.3. The number of ether oxygens (including phenoxy) is 1. The van der Waals surface area contributed by atoms with Crippen molar-refractivity contribution in [1.82, 2.24) is 4.98 Å². The smallest absolute Gasteiger partial charge is 0.176 e. The van der Waals surface area contributed by atoms with Crippen molar-refractivity contribution in [3.05, 3.63) is 40.3 Å². The zero-order chi connectivity index (χ0) is 14.2. The molecule has 0 unspecified atom stereocenters. The van der Waals surface area contributed by atoms with Gasteiger partial charge in [-0.15, -0.1) is 0 Å². The third kappa shape index (κ3) is 2.25. The molecule has 0 aliphatic heterocycles. The fourth-order valence-electron chi connectivity index (χ4n) is 1.54. The fraction of sp³-hybridized carbons (Fsp3) is 0.0833. The molecule has 0 radical (unpaired) electrons. The van der Waals surface area contributed by atoms with Crippen molar-refractivity contribution >= 4 is 21.6 Å². The average Bonchev–Trinajstić information content (AvgIpc) is 2.40. The number of benzene rings is 1. The van der Waals surface area contributed by atoms with Gasteiger partial charge in [-0.2, -0.15) is 0 Å². The van der Waals surface area contributed by atoms with E-state index in [-0.39, 0.29) is 27.2 Å². The molecule has 0 atom stereocenters. The lowest BCUT2D eigenvalue weighted by Crippen LogP contribution is -2.02. The van der Waals surface area contributed by atoms with Crippen molar-refractivity contribution < 1.29 is 17.9 Å². The monoisotopic (exact) mass is 332 g/mol. The van der Waals surface area contributed by atoms with Gasteiger partial charge in [0.1, 0.15) is 11.4 Å². The van der Waals surface area contributed by atoms with Gasteiger partial charge in [0.25, 0.3) is 0 Å². The second-order valence-electron chi connectivity index (χ2n) is 3.63. The summed E-state index contributed by atoms with van der Waals surface area (Å²) >= 11 is 2.83. The Morgan fingerprint density at radius 1 is 1.16 bits per heavy atom. The molecule has 1 heterocycles. The highest BCUT2D eigenvalue weighted by Gasteiger charge is 2.20. The molecular formula is C12H8BrF3N2O. The minimum atomic E-state index is -1.20. The Bertz CT molecular complexity index is 649. The summed E-state index contributed by atoms with van der Waals surface area (Å²) in [6, 6.07) is 2.47. The number of hydrogen-bond donors (Lipinski definition) is 1. The van der Waals surface area contributed by atoms with Gasteiger partial charge < -0.3 is 10.5 Å². The summed E-state index contributed by atoms with van der Waals surface area (Å²) in [4.78, 5) is 3.71. The minimum Gasteiger partial charge on any atom is -0.493 e. The van der Waals surface area contributed by atoms with E-state index in [1.165, 1.54) is 19.2 Å². The van der Waals surface area contributed by atoms with E-state index in [9.17, 15) is 13.2 Å². The Hall–Kier alpha value is -1.76. The molecule has 3 nitrogen and oxygen atoms in total. The average molecular weight is 333 g/mol. The molecular weight excluding hydrogens is 325 g/mol. The molecule has 19 heavy (non-hydrogen) atoms. The molecule has 0 spiro atoms. The van der Waals surface area contributed by atoms with E-state index >= 15 is 0 Å². The largest absolute Gasteiger partial charge is 0.493 e. The summed E-state index contributed by atoms with van der Waals surface area (Å²) < 4.78 is 45.9. The lowest BCUT2D eigenvalue weighted by molar-refractivity contribution is 0.412. The Morgan fingerprint density at radius 2 is 1.84 bits per heavy atom. The van der Waals surface area contributed by atoms with Gasteiger partial charge in [-0.1, -0.05) is 0 Å². The number of nitrogens with zero attached hydrogens (tertiary/aromatic N) is 1. The maximum atomic E-state index is 14.0. The molecule has 7 heteroatoms. The van der Waals surface area contributed by atoms with Crippen LogP contribution in [0.4, 0.5) is 18.9 Å². The number of methoxy groups -OCH3 is 1. The number of anilines is 1. The predicted molar refractivity (Wildman–Crippen MR) is 68.2 cm³/mol. The van der Waals surface area contributed by atoms with Crippen LogP contribution in [0, 0.1) is 17.5 Å². The Labute approximate surface area is 115 Å². The zero-order valence-electron chi connectivity index (χ0n) is 9.68. The lowest BCUT2D eigenvalue weighted by atomic mass is 10.1. The molecule has 2 N–H and O–H groups in total. The Balaban J connectivity index is 2.67. The maximum absolute atomic E-state index is 14.0. The Morgan fingerprint density at radius 3 is 2.47 bits per heavy atom. The molecule has 0 amide bonds. The first-order valence-corrected chi connectivity index (χ1v) is 5.88. The topological polar surface area (TPSA) is 48.1 Å². The highest BCUT2D eigenvalue weighted by atomic mass is 79.9. The first kappa shape index (κ1) is 13.7. The van der Waals surface area contributed by atoms with E-state index in [2.05, 4.69) is 20.9 Å². The molecule has 0 bridgehead atoms. The maximum Gasteiger partial charge on any atom is 0.176 e. The second-order valence-corrected chi connectivity index (χ2v) is 4.48. The number of aromatic nitrogens is 1.